The Bertz CT molecular complexity index is 1090. The Morgan fingerprint density at radius 2 is 1.24 bits per heavy atom. The lowest BCUT2D eigenvalue weighted by Crippen LogP contribution is -2.44. The van der Waals surface area contributed by atoms with Crippen LogP contribution in [0.1, 0.15) is 54.3 Å². The molecule has 0 unspecified atom stereocenters. The molecule has 8 heteroatoms. The number of hydrogen-bond acceptors (Lipinski definition) is 6. The molecule has 1 fully saturated rings. The lowest BCUT2D eigenvalue weighted by molar-refractivity contribution is -0.164. The average Bonchev–Trinajstić information content (AvgIpc) is 3.06. The number of carbonyl (C=O) groups excluding carboxylic acids is 4. The summed E-state index contributed by atoms with van der Waals surface area (Å²) in [5.41, 5.74) is -1.04. The van der Waals surface area contributed by atoms with Crippen LogP contribution in [0.5, 0.6) is 0 Å². The molecule has 180 valence electrons. The lowest BCUT2D eigenvalue weighted by atomic mass is 9.65. The molecule has 1 saturated carbocycles. The normalized spacial score (nSPS) is 21.0. The van der Waals surface area contributed by atoms with Gasteiger partial charge in [0.15, 0.2) is 24.8 Å². The second kappa shape index (κ2) is 10.3. The third-order valence-electron chi connectivity index (χ3n) is 6.97. The van der Waals surface area contributed by atoms with Crippen LogP contribution in [0.2, 0.25) is 10.0 Å². The first-order chi connectivity index (χ1) is 16.0. The monoisotopic (exact) mass is 504 g/mol. The van der Waals surface area contributed by atoms with Gasteiger partial charge in [0.05, 0.1) is 11.3 Å². The summed E-state index contributed by atoms with van der Waals surface area (Å²) >= 11 is 11.7. The van der Waals surface area contributed by atoms with Gasteiger partial charge >= 0.3 is 11.9 Å². The molecule has 6 nitrogen and oxygen atoms in total. The third kappa shape index (κ3) is 5.34. The second-order valence-electron chi connectivity index (χ2n) is 9.19. The van der Waals surface area contributed by atoms with Crippen LogP contribution in [0, 0.1) is 16.7 Å². The fourth-order valence-corrected chi connectivity index (χ4v) is 4.50. The first-order valence-electron chi connectivity index (χ1n) is 10.9. The molecule has 2 aromatic carbocycles. The molecule has 1 aliphatic carbocycles. The van der Waals surface area contributed by atoms with Crippen molar-refractivity contribution in [2.75, 3.05) is 13.2 Å². The standard InChI is InChI=1S/C26H26Cl2O6/c1-25(2)20(23(31)33-14-21(29)16-4-8-18(27)9-5-16)12-13-26(25,3)24(32)34-15-22(30)17-6-10-19(28)11-7-17/h4-11,20H,12-15H2,1-3H3/t20-,26+/m0/s1. The molecule has 2 aromatic rings. The van der Waals surface area contributed by atoms with Crippen molar-refractivity contribution < 1.29 is 28.7 Å². The maximum absolute atomic E-state index is 13.0. The third-order valence-corrected chi connectivity index (χ3v) is 7.48. The van der Waals surface area contributed by atoms with E-state index in [-0.39, 0.29) is 11.6 Å². The van der Waals surface area contributed by atoms with Gasteiger partial charge in [0.2, 0.25) is 0 Å². The Morgan fingerprint density at radius 1 is 0.794 bits per heavy atom. The van der Waals surface area contributed by atoms with E-state index in [4.69, 9.17) is 32.7 Å². The smallest absolute Gasteiger partial charge is 0.312 e. The highest BCUT2D eigenvalue weighted by atomic mass is 35.5. The summed E-state index contributed by atoms with van der Waals surface area (Å²) < 4.78 is 10.7. The van der Waals surface area contributed by atoms with Gasteiger partial charge in [0.1, 0.15) is 0 Å². The number of carbonyl (C=O) groups is 4. The number of esters is 2. The van der Waals surface area contributed by atoms with Crippen LogP contribution in [-0.2, 0) is 19.1 Å². The fraction of sp³-hybridized carbons (Fsp3) is 0.385. The zero-order valence-electron chi connectivity index (χ0n) is 19.2. The fourth-order valence-electron chi connectivity index (χ4n) is 4.24. The zero-order chi connectivity index (χ0) is 25.1. The topological polar surface area (TPSA) is 86.7 Å². The molecule has 0 heterocycles. The molecule has 34 heavy (non-hydrogen) atoms. The number of Topliss-reactive ketones (excluding diaryl/α,β-unsaturated/α-hetero) is 2. The number of halogens is 2. The van der Waals surface area contributed by atoms with Gasteiger partial charge < -0.3 is 9.47 Å². The first kappa shape index (κ1) is 25.9. The van der Waals surface area contributed by atoms with Gasteiger partial charge in [-0.2, -0.15) is 0 Å². The highest BCUT2D eigenvalue weighted by Crippen LogP contribution is 2.56. The maximum Gasteiger partial charge on any atom is 0.312 e. The maximum atomic E-state index is 13.0. The van der Waals surface area contributed by atoms with Crippen molar-refractivity contribution in [2.45, 2.75) is 33.6 Å². The molecule has 0 aromatic heterocycles. The highest BCUT2D eigenvalue weighted by molar-refractivity contribution is 6.31. The summed E-state index contributed by atoms with van der Waals surface area (Å²) in [6.07, 6.45) is 0.788. The van der Waals surface area contributed by atoms with Crippen molar-refractivity contribution in [1.29, 1.82) is 0 Å². The Balaban J connectivity index is 1.59. The SMILES string of the molecule is CC1(C)[C@H](C(=O)OCC(=O)c2ccc(Cl)cc2)CC[C@]1(C)C(=O)OCC(=O)c1ccc(Cl)cc1. The average molecular weight is 505 g/mol. The van der Waals surface area contributed by atoms with E-state index >= 15 is 0 Å². The second-order valence-corrected chi connectivity index (χ2v) is 10.1. The van der Waals surface area contributed by atoms with Gasteiger partial charge in [0, 0.05) is 21.2 Å². The minimum Gasteiger partial charge on any atom is -0.457 e. The predicted octanol–water partition coefficient (Wildman–Crippen LogP) is 5.59. The number of hydrogen-bond donors (Lipinski definition) is 0. The van der Waals surface area contributed by atoms with Crippen LogP contribution >= 0.6 is 23.2 Å². The van der Waals surface area contributed by atoms with Crippen LogP contribution < -0.4 is 0 Å². The summed E-state index contributed by atoms with van der Waals surface area (Å²) in [6, 6.07) is 12.6. The van der Waals surface area contributed by atoms with Gasteiger partial charge in [0.25, 0.3) is 0 Å². The molecular formula is C26H26Cl2O6. The van der Waals surface area contributed by atoms with Crippen LogP contribution in [-0.4, -0.2) is 36.7 Å². The Morgan fingerprint density at radius 3 is 1.71 bits per heavy atom. The molecule has 0 spiro atoms. The van der Waals surface area contributed by atoms with Crippen molar-refractivity contribution >= 4 is 46.7 Å². The molecule has 0 saturated heterocycles. The molecule has 1 aliphatic rings. The van der Waals surface area contributed by atoms with Gasteiger partial charge in [-0.25, -0.2) is 0 Å². The number of ether oxygens (including phenoxy) is 2. The van der Waals surface area contributed by atoms with E-state index in [1.165, 1.54) is 0 Å². The van der Waals surface area contributed by atoms with E-state index in [0.717, 1.165) is 0 Å². The Kier molecular flexibility index (Phi) is 7.84. The number of ketones is 2. The van der Waals surface area contributed by atoms with Crippen LogP contribution in [0.25, 0.3) is 0 Å². The Labute approximate surface area is 208 Å². The van der Waals surface area contributed by atoms with E-state index in [1.54, 1.807) is 69.3 Å². The molecular weight excluding hydrogens is 479 g/mol. The van der Waals surface area contributed by atoms with Crippen LogP contribution in [0.3, 0.4) is 0 Å². The summed E-state index contributed by atoms with van der Waals surface area (Å²) in [7, 11) is 0. The van der Waals surface area contributed by atoms with Gasteiger partial charge in [-0.05, 0) is 73.7 Å². The van der Waals surface area contributed by atoms with Crippen LogP contribution in [0.4, 0.5) is 0 Å². The molecule has 0 N–H and O–H groups in total. The molecule has 0 radical (unpaired) electrons. The molecule has 0 amide bonds. The quantitative estimate of drug-likeness (QED) is 0.344. The summed E-state index contributed by atoms with van der Waals surface area (Å²) in [4.78, 5) is 50.5. The summed E-state index contributed by atoms with van der Waals surface area (Å²) in [5, 5.41) is 1.00. The van der Waals surface area contributed by atoms with E-state index < -0.39 is 41.9 Å². The molecule has 0 aliphatic heterocycles. The Hall–Kier alpha value is -2.70. The molecule has 2 atom stereocenters. The minimum absolute atomic E-state index is 0.344. The largest absolute Gasteiger partial charge is 0.457 e. The van der Waals surface area contributed by atoms with Gasteiger partial charge in [-0.3, -0.25) is 19.2 Å². The summed E-state index contributed by atoms with van der Waals surface area (Å²) in [5.74, 6) is -2.38. The van der Waals surface area contributed by atoms with Gasteiger partial charge in [-0.15, -0.1) is 0 Å². The van der Waals surface area contributed by atoms with Crippen molar-refractivity contribution in [3.63, 3.8) is 0 Å². The van der Waals surface area contributed by atoms with Gasteiger partial charge in [-0.1, -0.05) is 37.0 Å². The van der Waals surface area contributed by atoms with E-state index in [9.17, 15) is 19.2 Å². The molecule has 3 rings (SSSR count). The van der Waals surface area contributed by atoms with Crippen molar-refractivity contribution in [1.82, 2.24) is 0 Å². The number of rotatable bonds is 8. The highest BCUT2D eigenvalue weighted by Gasteiger charge is 2.59. The minimum atomic E-state index is -1.00. The van der Waals surface area contributed by atoms with Crippen molar-refractivity contribution in [3.8, 4) is 0 Å². The molecule has 0 bridgehead atoms. The first-order valence-corrected chi connectivity index (χ1v) is 11.6. The lowest BCUT2D eigenvalue weighted by Gasteiger charge is -2.38. The predicted molar refractivity (Wildman–Crippen MR) is 128 cm³/mol. The summed E-state index contributed by atoms with van der Waals surface area (Å²) in [6.45, 7) is 4.53. The van der Waals surface area contributed by atoms with E-state index in [0.29, 0.717) is 34.0 Å². The van der Waals surface area contributed by atoms with Crippen molar-refractivity contribution in [2.24, 2.45) is 16.7 Å². The van der Waals surface area contributed by atoms with E-state index in [1.807, 2.05) is 0 Å². The van der Waals surface area contributed by atoms with Crippen molar-refractivity contribution in [3.05, 3.63) is 69.7 Å². The number of benzene rings is 2. The van der Waals surface area contributed by atoms with Crippen LogP contribution in [0.15, 0.2) is 48.5 Å². The van der Waals surface area contributed by atoms with E-state index in [2.05, 4.69) is 0 Å². The zero-order valence-corrected chi connectivity index (χ0v) is 20.7.